The first-order valence-electron chi connectivity index (χ1n) is 7.00. The molecule has 1 unspecified atom stereocenters. The van der Waals surface area contributed by atoms with Crippen LogP contribution in [0.5, 0.6) is 11.5 Å². The number of benzene rings is 2. The van der Waals surface area contributed by atoms with Gasteiger partial charge in [-0.15, -0.1) is 0 Å². The Labute approximate surface area is 134 Å². The van der Waals surface area contributed by atoms with E-state index in [0.717, 1.165) is 28.0 Å². The topological polar surface area (TPSA) is 44.5 Å². The van der Waals surface area contributed by atoms with Crippen molar-refractivity contribution < 1.29 is 9.47 Å². The molecule has 1 atom stereocenters. The van der Waals surface area contributed by atoms with Gasteiger partial charge in [0.2, 0.25) is 0 Å². The van der Waals surface area contributed by atoms with Crippen molar-refractivity contribution in [2.24, 2.45) is 5.73 Å². The fourth-order valence-electron chi connectivity index (χ4n) is 2.00. The molecule has 2 N–H and O–H groups in total. The van der Waals surface area contributed by atoms with E-state index < -0.39 is 0 Å². The SMILES string of the molecule is CC(N)Cc1ccccc1OCCOc1ccc(Br)cc1. The summed E-state index contributed by atoms with van der Waals surface area (Å²) in [7, 11) is 0. The number of halogens is 1. The fourth-order valence-corrected chi connectivity index (χ4v) is 2.27. The summed E-state index contributed by atoms with van der Waals surface area (Å²) >= 11 is 3.39. The standard InChI is InChI=1S/C17H20BrNO2/c1-13(19)12-14-4-2-3-5-17(14)21-11-10-20-16-8-6-15(18)7-9-16/h2-9,13H,10-12,19H2,1H3. The summed E-state index contributed by atoms with van der Waals surface area (Å²) in [5, 5.41) is 0. The van der Waals surface area contributed by atoms with Gasteiger partial charge in [0, 0.05) is 10.5 Å². The predicted molar refractivity (Wildman–Crippen MR) is 88.9 cm³/mol. The van der Waals surface area contributed by atoms with Gasteiger partial charge < -0.3 is 15.2 Å². The lowest BCUT2D eigenvalue weighted by Gasteiger charge is -2.13. The molecule has 3 nitrogen and oxygen atoms in total. The minimum atomic E-state index is 0.119. The molecule has 0 aromatic heterocycles. The number of hydrogen-bond donors (Lipinski definition) is 1. The van der Waals surface area contributed by atoms with Crippen molar-refractivity contribution in [3.05, 3.63) is 58.6 Å². The Kier molecular flexibility index (Phi) is 6.08. The molecule has 0 aliphatic heterocycles. The number of para-hydroxylation sites is 1. The van der Waals surface area contributed by atoms with E-state index in [1.165, 1.54) is 0 Å². The second-order valence-corrected chi connectivity index (χ2v) is 5.86. The molecule has 0 bridgehead atoms. The lowest BCUT2D eigenvalue weighted by Crippen LogP contribution is -2.18. The van der Waals surface area contributed by atoms with Crippen molar-refractivity contribution in [3.63, 3.8) is 0 Å². The van der Waals surface area contributed by atoms with Gasteiger partial charge in [-0.3, -0.25) is 0 Å². The zero-order valence-electron chi connectivity index (χ0n) is 12.1. The van der Waals surface area contributed by atoms with E-state index in [4.69, 9.17) is 15.2 Å². The van der Waals surface area contributed by atoms with E-state index >= 15 is 0 Å². The average molecular weight is 350 g/mol. The maximum absolute atomic E-state index is 5.85. The van der Waals surface area contributed by atoms with Crippen LogP contribution in [-0.2, 0) is 6.42 Å². The smallest absolute Gasteiger partial charge is 0.122 e. The maximum atomic E-state index is 5.85. The van der Waals surface area contributed by atoms with Gasteiger partial charge in [0.1, 0.15) is 24.7 Å². The number of ether oxygens (including phenoxy) is 2. The van der Waals surface area contributed by atoms with E-state index in [9.17, 15) is 0 Å². The van der Waals surface area contributed by atoms with Crippen LogP contribution < -0.4 is 15.2 Å². The van der Waals surface area contributed by atoms with Crippen molar-refractivity contribution >= 4 is 15.9 Å². The second-order valence-electron chi connectivity index (χ2n) is 4.94. The third-order valence-electron chi connectivity index (χ3n) is 2.94. The number of hydrogen-bond acceptors (Lipinski definition) is 3. The first kappa shape index (κ1) is 15.9. The molecule has 0 aliphatic carbocycles. The molecule has 0 aliphatic rings. The first-order valence-corrected chi connectivity index (χ1v) is 7.79. The fraction of sp³-hybridized carbons (Fsp3) is 0.294. The molecular weight excluding hydrogens is 330 g/mol. The van der Waals surface area contributed by atoms with Crippen LogP contribution in [0.15, 0.2) is 53.0 Å². The molecule has 21 heavy (non-hydrogen) atoms. The minimum absolute atomic E-state index is 0.119. The summed E-state index contributed by atoms with van der Waals surface area (Å²) in [5.41, 5.74) is 6.99. The van der Waals surface area contributed by atoms with E-state index in [-0.39, 0.29) is 6.04 Å². The zero-order chi connectivity index (χ0) is 15.1. The van der Waals surface area contributed by atoms with Crippen molar-refractivity contribution in [3.8, 4) is 11.5 Å². The van der Waals surface area contributed by atoms with Crippen molar-refractivity contribution in [1.29, 1.82) is 0 Å². The summed E-state index contributed by atoms with van der Waals surface area (Å²) in [5.74, 6) is 1.72. The molecule has 4 heteroatoms. The molecule has 0 heterocycles. The molecule has 112 valence electrons. The summed E-state index contributed by atoms with van der Waals surface area (Å²) in [6, 6.07) is 15.9. The summed E-state index contributed by atoms with van der Waals surface area (Å²) in [6.45, 7) is 3.01. The molecule has 0 radical (unpaired) electrons. The van der Waals surface area contributed by atoms with Crippen LogP contribution in [0.4, 0.5) is 0 Å². The van der Waals surface area contributed by atoms with Gasteiger partial charge in [-0.2, -0.15) is 0 Å². The summed E-state index contributed by atoms with van der Waals surface area (Å²) in [6.07, 6.45) is 0.809. The van der Waals surface area contributed by atoms with Gasteiger partial charge in [-0.1, -0.05) is 34.1 Å². The molecule has 0 saturated heterocycles. The zero-order valence-corrected chi connectivity index (χ0v) is 13.7. The molecule has 0 fully saturated rings. The second kappa shape index (κ2) is 8.05. The van der Waals surface area contributed by atoms with Crippen molar-refractivity contribution in [2.45, 2.75) is 19.4 Å². The highest BCUT2D eigenvalue weighted by Gasteiger charge is 2.05. The Morgan fingerprint density at radius 3 is 2.38 bits per heavy atom. The molecule has 2 aromatic rings. The summed E-state index contributed by atoms with van der Waals surface area (Å²) < 4.78 is 12.5. The van der Waals surface area contributed by atoms with Crippen LogP contribution >= 0.6 is 15.9 Å². The minimum Gasteiger partial charge on any atom is -0.490 e. The van der Waals surface area contributed by atoms with Gasteiger partial charge in [-0.25, -0.2) is 0 Å². The highest BCUT2D eigenvalue weighted by atomic mass is 79.9. The lowest BCUT2D eigenvalue weighted by atomic mass is 10.1. The Morgan fingerprint density at radius 2 is 1.67 bits per heavy atom. The van der Waals surface area contributed by atoms with Crippen LogP contribution in [0.1, 0.15) is 12.5 Å². The molecule has 0 saturated carbocycles. The number of rotatable bonds is 7. The van der Waals surface area contributed by atoms with Crippen LogP contribution in [0.3, 0.4) is 0 Å². The third kappa shape index (κ3) is 5.40. The van der Waals surface area contributed by atoms with Gasteiger partial charge >= 0.3 is 0 Å². The van der Waals surface area contributed by atoms with Gasteiger partial charge in [0.15, 0.2) is 0 Å². The molecule has 0 amide bonds. The predicted octanol–water partition coefficient (Wildman–Crippen LogP) is 3.80. The molecular formula is C17H20BrNO2. The monoisotopic (exact) mass is 349 g/mol. The quantitative estimate of drug-likeness (QED) is 0.773. The van der Waals surface area contributed by atoms with E-state index in [1.807, 2.05) is 55.5 Å². The lowest BCUT2D eigenvalue weighted by molar-refractivity contribution is 0.215. The Morgan fingerprint density at radius 1 is 1.00 bits per heavy atom. The normalized spacial score (nSPS) is 12.0. The van der Waals surface area contributed by atoms with Gasteiger partial charge in [0.05, 0.1) is 0 Å². The summed E-state index contributed by atoms with van der Waals surface area (Å²) in [4.78, 5) is 0. The van der Waals surface area contributed by atoms with Crippen LogP contribution in [0, 0.1) is 0 Å². The van der Waals surface area contributed by atoms with E-state index in [1.54, 1.807) is 0 Å². The van der Waals surface area contributed by atoms with Crippen molar-refractivity contribution in [1.82, 2.24) is 0 Å². The van der Waals surface area contributed by atoms with Crippen LogP contribution in [0.25, 0.3) is 0 Å². The van der Waals surface area contributed by atoms with Gasteiger partial charge in [0.25, 0.3) is 0 Å². The average Bonchev–Trinajstić information content (AvgIpc) is 2.46. The maximum Gasteiger partial charge on any atom is 0.122 e. The van der Waals surface area contributed by atoms with E-state index in [2.05, 4.69) is 15.9 Å². The Bertz CT molecular complexity index is 555. The van der Waals surface area contributed by atoms with Gasteiger partial charge in [-0.05, 0) is 49.2 Å². The molecule has 0 spiro atoms. The first-order chi connectivity index (χ1) is 10.1. The Balaban J connectivity index is 1.82. The van der Waals surface area contributed by atoms with Crippen LogP contribution in [-0.4, -0.2) is 19.3 Å². The largest absolute Gasteiger partial charge is 0.490 e. The molecule has 2 rings (SSSR count). The Hall–Kier alpha value is -1.52. The van der Waals surface area contributed by atoms with E-state index in [0.29, 0.717) is 13.2 Å². The third-order valence-corrected chi connectivity index (χ3v) is 3.47. The van der Waals surface area contributed by atoms with Crippen LogP contribution in [0.2, 0.25) is 0 Å². The molecule has 2 aromatic carbocycles. The highest BCUT2D eigenvalue weighted by molar-refractivity contribution is 9.10. The number of nitrogens with two attached hydrogens (primary N) is 1. The highest BCUT2D eigenvalue weighted by Crippen LogP contribution is 2.19. The van der Waals surface area contributed by atoms with Crippen molar-refractivity contribution in [2.75, 3.05) is 13.2 Å².